The number of aryl methyl sites for hydroxylation is 1. The van der Waals surface area contributed by atoms with Gasteiger partial charge in [0.25, 0.3) is 0 Å². The largest absolute Gasteiger partial charge is 0.326 e. The van der Waals surface area contributed by atoms with E-state index in [2.05, 4.69) is 46.7 Å². The molecule has 0 aliphatic rings. The van der Waals surface area contributed by atoms with Gasteiger partial charge in [0.2, 0.25) is 12.2 Å². The average Bonchev–Trinajstić information content (AvgIpc) is 3.29. The van der Waals surface area contributed by atoms with E-state index in [9.17, 15) is 4.79 Å². The van der Waals surface area contributed by atoms with E-state index in [0.29, 0.717) is 12.8 Å². The number of hydrogen-bond acceptors (Lipinski definition) is 1. The zero-order chi connectivity index (χ0) is 19.2. The van der Waals surface area contributed by atoms with Crippen molar-refractivity contribution in [3.05, 3.63) is 103 Å². The fourth-order valence-electron chi connectivity index (χ4n) is 3.14. The zero-order valence-corrected chi connectivity index (χ0v) is 15.5. The molecule has 138 valence electrons. The summed E-state index contributed by atoms with van der Waals surface area (Å²) >= 11 is 0. The lowest BCUT2D eigenvalue weighted by molar-refractivity contribution is -0.594. The maximum absolute atomic E-state index is 12.3. The third-order valence-electron chi connectivity index (χ3n) is 4.70. The predicted octanol–water partition coefficient (Wildman–Crippen LogP) is 4.53. The van der Waals surface area contributed by atoms with Gasteiger partial charge in [0.1, 0.15) is 18.1 Å². The smallest absolute Gasteiger partial charge is 0.246 e. The van der Waals surface area contributed by atoms with E-state index >= 15 is 0 Å². The molecule has 4 rings (SSSR count). The van der Waals surface area contributed by atoms with Gasteiger partial charge in [-0.25, -0.2) is 9.55 Å². The highest BCUT2D eigenvalue weighted by Crippen LogP contribution is 2.21. The standard InChI is InChI=1S/C24H21N3O/c28-24(15-8-19-6-13-23(14-7-19)27-17-16-25-18-27)26-22-11-9-21(10-12-22)20-4-2-1-3-5-20/h1-7,9-14,16-18H,8,15H2,(H,26,28)/p+1. The van der Waals surface area contributed by atoms with Crippen LogP contribution in [0.1, 0.15) is 12.0 Å². The molecule has 28 heavy (non-hydrogen) atoms. The second kappa shape index (κ2) is 8.35. The number of anilines is 1. The molecule has 0 aliphatic carbocycles. The molecular weight excluding hydrogens is 346 g/mol. The van der Waals surface area contributed by atoms with E-state index in [1.165, 1.54) is 5.56 Å². The molecule has 1 heterocycles. The molecule has 3 aromatic carbocycles. The summed E-state index contributed by atoms with van der Waals surface area (Å²) in [6.07, 6.45) is 6.91. The summed E-state index contributed by atoms with van der Waals surface area (Å²) < 4.78 is 2.01. The van der Waals surface area contributed by atoms with Gasteiger partial charge in [0.15, 0.2) is 0 Å². The average molecular weight is 368 g/mol. The van der Waals surface area contributed by atoms with Gasteiger partial charge in [-0.1, -0.05) is 54.6 Å². The molecule has 0 spiro atoms. The summed E-state index contributed by atoms with van der Waals surface area (Å²) in [5.41, 5.74) is 5.37. The fraction of sp³-hybridized carbons (Fsp3) is 0.0833. The Kier molecular flexibility index (Phi) is 5.29. The van der Waals surface area contributed by atoms with Crippen LogP contribution in [0.4, 0.5) is 5.69 Å². The molecular formula is C24H22N3O+. The van der Waals surface area contributed by atoms with Crippen molar-refractivity contribution < 1.29 is 9.36 Å². The lowest BCUT2D eigenvalue weighted by Crippen LogP contribution is -2.26. The summed E-state index contributed by atoms with van der Waals surface area (Å²) in [5, 5.41) is 2.98. The molecule has 4 aromatic rings. The van der Waals surface area contributed by atoms with Crippen LogP contribution in [-0.2, 0) is 11.2 Å². The first-order valence-electron chi connectivity index (χ1n) is 9.37. The number of H-pyrrole nitrogens is 1. The molecule has 0 atom stereocenters. The number of carbonyl (C=O) groups excluding carboxylic acids is 1. The third-order valence-corrected chi connectivity index (χ3v) is 4.70. The first kappa shape index (κ1) is 17.7. The Morgan fingerprint density at radius 2 is 1.57 bits per heavy atom. The number of nitrogens with zero attached hydrogens (tertiary/aromatic N) is 1. The summed E-state index contributed by atoms with van der Waals surface area (Å²) in [6.45, 7) is 0. The number of carbonyl (C=O) groups is 1. The first-order chi connectivity index (χ1) is 13.8. The van der Waals surface area contributed by atoms with Crippen molar-refractivity contribution >= 4 is 11.6 Å². The van der Waals surface area contributed by atoms with Gasteiger partial charge in [-0.3, -0.25) is 4.79 Å². The predicted molar refractivity (Wildman–Crippen MR) is 111 cm³/mol. The highest BCUT2D eigenvalue weighted by atomic mass is 16.1. The number of rotatable bonds is 6. The Labute approximate surface area is 164 Å². The molecule has 4 heteroatoms. The van der Waals surface area contributed by atoms with Crippen LogP contribution < -0.4 is 9.88 Å². The van der Waals surface area contributed by atoms with Crippen molar-refractivity contribution in [1.82, 2.24) is 4.98 Å². The van der Waals surface area contributed by atoms with Crippen LogP contribution in [0, 0.1) is 0 Å². The number of aromatic nitrogens is 2. The summed E-state index contributed by atoms with van der Waals surface area (Å²) in [5.74, 6) is 0.0246. The second-order valence-electron chi connectivity index (χ2n) is 6.68. The van der Waals surface area contributed by atoms with E-state index in [1.807, 2.05) is 65.8 Å². The molecule has 1 aromatic heterocycles. The zero-order valence-electron chi connectivity index (χ0n) is 15.5. The minimum atomic E-state index is 0.0246. The van der Waals surface area contributed by atoms with Gasteiger partial charge in [-0.2, -0.15) is 0 Å². The van der Waals surface area contributed by atoms with Crippen LogP contribution in [0.3, 0.4) is 0 Å². The summed E-state index contributed by atoms with van der Waals surface area (Å²) in [4.78, 5) is 15.3. The monoisotopic (exact) mass is 368 g/mol. The molecule has 4 nitrogen and oxygen atoms in total. The number of benzene rings is 3. The van der Waals surface area contributed by atoms with E-state index in [-0.39, 0.29) is 5.91 Å². The van der Waals surface area contributed by atoms with Crippen LogP contribution in [0.5, 0.6) is 0 Å². The summed E-state index contributed by atoms with van der Waals surface area (Å²) in [7, 11) is 0. The van der Waals surface area contributed by atoms with Crippen LogP contribution in [0.15, 0.2) is 97.6 Å². The van der Waals surface area contributed by atoms with Gasteiger partial charge in [0, 0.05) is 12.1 Å². The summed E-state index contributed by atoms with van der Waals surface area (Å²) in [6, 6.07) is 26.4. The highest BCUT2D eigenvalue weighted by molar-refractivity contribution is 5.91. The van der Waals surface area contributed by atoms with Gasteiger partial charge in [-0.15, -0.1) is 0 Å². The third kappa shape index (κ3) is 4.35. The second-order valence-corrected chi connectivity index (χ2v) is 6.68. The number of imidazole rings is 1. The molecule has 0 saturated heterocycles. The molecule has 0 aliphatic heterocycles. The van der Waals surface area contributed by atoms with Crippen molar-refractivity contribution in [1.29, 1.82) is 0 Å². The van der Waals surface area contributed by atoms with Crippen LogP contribution in [0.2, 0.25) is 0 Å². The van der Waals surface area contributed by atoms with Gasteiger partial charge in [0.05, 0.1) is 0 Å². The molecule has 0 bridgehead atoms. The number of hydrogen-bond donors (Lipinski definition) is 2. The van der Waals surface area contributed by atoms with Crippen molar-refractivity contribution in [2.45, 2.75) is 12.8 Å². The van der Waals surface area contributed by atoms with E-state index in [4.69, 9.17) is 0 Å². The minimum absolute atomic E-state index is 0.0246. The van der Waals surface area contributed by atoms with Crippen LogP contribution in [-0.4, -0.2) is 10.9 Å². The van der Waals surface area contributed by atoms with Crippen molar-refractivity contribution in [2.24, 2.45) is 0 Å². The first-order valence-corrected chi connectivity index (χ1v) is 9.37. The topological polar surface area (TPSA) is 48.8 Å². The Bertz CT molecular complexity index is 1020. The number of amides is 1. The van der Waals surface area contributed by atoms with Gasteiger partial charge in [-0.05, 0) is 47.4 Å². The molecule has 1 amide bonds. The highest BCUT2D eigenvalue weighted by Gasteiger charge is 2.06. The number of aromatic amines is 1. The molecule has 0 fully saturated rings. The van der Waals surface area contributed by atoms with E-state index < -0.39 is 0 Å². The Morgan fingerprint density at radius 1 is 0.857 bits per heavy atom. The molecule has 0 saturated carbocycles. The Balaban J connectivity index is 1.31. The Hall–Kier alpha value is -3.66. The van der Waals surface area contributed by atoms with Crippen LogP contribution in [0.25, 0.3) is 16.8 Å². The lowest BCUT2D eigenvalue weighted by atomic mass is 10.1. The number of nitrogens with one attached hydrogen (secondary N) is 2. The molecule has 2 N–H and O–H groups in total. The van der Waals surface area contributed by atoms with E-state index in [1.54, 1.807) is 0 Å². The normalized spacial score (nSPS) is 10.6. The van der Waals surface area contributed by atoms with E-state index in [0.717, 1.165) is 22.5 Å². The Morgan fingerprint density at radius 3 is 2.25 bits per heavy atom. The lowest BCUT2D eigenvalue weighted by Gasteiger charge is -2.07. The maximum atomic E-state index is 12.3. The SMILES string of the molecule is O=C(CCc1ccc(-[n+]2cc[nH]c2)cc1)Nc1ccc(-c2ccccc2)cc1. The van der Waals surface area contributed by atoms with Crippen LogP contribution >= 0.6 is 0 Å². The van der Waals surface area contributed by atoms with Crippen molar-refractivity contribution in [2.75, 3.05) is 5.32 Å². The molecule has 0 unspecified atom stereocenters. The van der Waals surface area contributed by atoms with Gasteiger partial charge >= 0.3 is 0 Å². The minimum Gasteiger partial charge on any atom is -0.326 e. The fourth-order valence-corrected chi connectivity index (χ4v) is 3.14. The molecule has 0 radical (unpaired) electrons. The quantitative estimate of drug-likeness (QED) is 0.483. The maximum Gasteiger partial charge on any atom is 0.246 e. The van der Waals surface area contributed by atoms with Gasteiger partial charge < -0.3 is 5.32 Å². The van der Waals surface area contributed by atoms with Crippen molar-refractivity contribution in [3.63, 3.8) is 0 Å². The van der Waals surface area contributed by atoms with Crippen molar-refractivity contribution in [3.8, 4) is 16.8 Å².